The van der Waals surface area contributed by atoms with Crippen LogP contribution in [0.4, 0.5) is 0 Å². The van der Waals surface area contributed by atoms with Crippen molar-refractivity contribution in [2.45, 2.75) is 32.6 Å². The molecule has 0 spiro atoms. The van der Waals surface area contributed by atoms with Crippen molar-refractivity contribution in [3.8, 4) is 0 Å². The van der Waals surface area contributed by atoms with E-state index in [1.54, 1.807) is 6.07 Å². The summed E-state index contributed by atoms with van der Waals surface area (Å²) in [4.78, 5) is 29.1. The number of carbonyl (C=O) groups excluding carboxylic acids is 2. The van der Waals surface area contributed by atoms with Crippen LogP contribution >= 0.6 is 11.6 Å². The van der Waals surface area contributed by atoms with Crippen LogP contribution < -0.4 is 5.32 Å². The lowest BCUT2D eigenvalue weighted by Gasteiger charge is -2.33. The molecule has 6 heteroatoms. The van der Waals surface area contributed by atoms with Gasteiger partial charge >= 0.3 is 0 Å². The molecule has 1 atom stereocenters. The third-order valence-electron chi connectivity index (χ3n) is 5.42. The summed E-state index contributed by atoms with van der Waals surface area (Å²) in [6.07, 6.45) is 4.40. The number of benzene rings is 1. The maximum absolute atomic E-state index is 12.5. The molecule has 1 aromatic carbocycles. The van der Waals surface area contributed by atoms with Crippen molar-refractivity contribution in [2.75, 3.05) is 39.3 Å². The second kappa shape index (κ2) is 8.87. The number of nitrogens with zero attached hydrogens (tertiary/aromatic N) is 2. The van der Waals surface area contributed by atoms with Crippen LogP contribution in [-0.4, -0.2) is 60.9 Å². The second-order valence-corrected chi connectivity index (χ2v) is 7.88. The van der Waals surface area contributed by atoms with Gasteiger partial charge in [-0.3, -0.25) is 14.5 Å². The molecule has 1 N–H and O–H groups in total. The van der Waals surface area contributed by atoms with Gasteiger partial charge < -0.3 is 10.2 Å². The minimum absolute atomic E-state index is 0.113. The highest BCUT2D eigenvalue weighted by molar-refractivity contribution is 6.34. The Labute approximate surface area is 160 Å². The smallest absolute Gasteiger partial charge is 0.253 e. The van der Waals surface area contributed by atoms with E-state index in [4.69, 9.17) is 11.6 Å². The van der Waals surface area contributed by atoms with Crippen LogP contribution in [0.15, 0.2) is 18.2 Å². The van der Waals surface area contributed by atoms with Gasteiger partial charge in [0.05, 0.1) is 17.1 Å². The van der Waals surface area contributed by atoms with Crippen LogP contribution in [0.1, 0.15) is 41.6 Å². The Balaban J connectivity index is 1.49. The number of nitrogens with one attached hydrogen (secondary N) is 1. The van der Waals surface area contributed by atoms with Crippen LogP contribution in [0.3, 0.4) is 0 Å². The average molecular weight is 378 g/mol. The highest BCUT2D eigenvalue weighted by atomic mass is 35.5. The van der Waals surface area contributed by atoms with Crippen LogP contribution in [-0.2, 0) is 4.79 Å². The number of carbonyl (C=O) groups is 2. The van der Waals surface area contributed by atoms with Gasteiger partial charge in [-0.1, -0.05) is 23.7 Å². The zero-order valence-electron chi connectivity index (χ0n) is 15.5. The summed E-state index contributed by atoms with van der Waals surface area (Å²) in [6.45, 7) is 6.67. The van der Waals surface area contributed by atoms with Gasteiger partial charge in [0.15, 0.2) is 0 Å². The number of aryl methyl sites for hydroxylation is 1. The van der Waals surface area contributed by atoms with Crippen molar-refractivity contribution >= 4 is 23.4 Å². The van der Waals surface area contributed by atoms with Crippen molar-refractivity contribution in [3.63, 3.8) is 0 Å². The first-order valence-corrected chi connectivity index (χ1v) is 9.96. The Morgan fingerprint density at radius 3 is 2.69 bits per heavy atom. The summed E-state index contributed by atoms with van der Waals surface area (Å²) < 4.78 is 0. The van der Waals surface area contributed by atoms with Crippen molar-refractivity contribution in [1.29, 1.82) is 0 Å². The van der Waals surface area contributed by atoms with Gasteiger partial charge in [0.2, 0.25) is 5.91 Å². The Hall–Kier alpha value is -1.59. The first-order chi connectivity index (χ1) is 12.5. The van der Waals surface area contributed by atoms with E-state index in [-0.39, 0.29) is 11.8 Å². The lowest BCUT2D eigenvalue weighted by atomic mass is 9.97. The van der Waals surface area contributed by atoms with E-state index in [9.17, 15) is 9.59 Å². The fourth-order valence-corrected chi connectivity index (χ4v) is 4.27. The predicted molar refractivity (Wildman–Crippen MR) is 104 cm³/mol. The molecule has 0 radical (unpaired) electrons. The molecule has 2 heterocycles. The normalized spacial score (nSPS) is 21.0. The molecular weight excluding hydrogens is 350 g/mol. The van der Waals surface area contributed by atoms with Gasteiger partial charge in [0.1, 0.15) is 0 Å². The maximum atomic E-state index is 12.5. The first kappa shape index (κ1) is 19.2. The summed E-state index contributed by atoms with van der Waals surface area (Å²) in [5.41, 5.74) is 1.45. The maximum Gasteiger partial charge on any atom is 0.253 e. The number of hydrogen-bond donors (Lipinski definition) is 1. The summed E-state index contributed by atoms with van der Waals surface area (Å²) in [7, 11) is 0. The molecule has 142 valence electrons. The van der Waals surface area contributed by atoms with E-state index in [1.807, 2.05) is 24.0 Å². The number of likely N-dealkylation sites (tertiary alicyclic amines) is 2. The van der Waals surface area contributed by atoms with E-state index in [1.165, 1.54) is 0 Å². The zero-order valence-corrected chi connectivity index (χ0v) is 16.2. The third-order valence-corrected chi connectivity index (χ3v) is 5.74. The minimum atomic E-state index is -0.113. The number of hydrogen-bond acceptors (Lipinski definition) is 3. The molecule has 0 bridgehead atoms. The van der Waals surface area contributed by atoms with Crippen LogP contribution in [0, 0.1) is 12.8 Å². The van der Waals surface area contributed by atoms with Crippen LogP contribution in [0.5, 0.6) is 0 Å². The summed E-state index contributed by atoms with van der Waals surface area (Å²) in [5, 5.41) is 3.52. The minimum Gasteiger partial charge on any atom is -0.352 e. The molecule has 0 saturated carbocycles. The van der Waals surface area contributed by atoms with Gasteiger partial charge in [0.25, 0.3) is 5.91 Å². The van der Waals surface area contributed by atoms with Crippen LogP contribution in [0.2, 0.25) is 5.02 Å². The second-order valence-electron chi connectivity index (χ2n) is 7.47. The molecular formula is C20H28ClN3O2. The zero-order chi connectivity index (χ0) is 18.5. The Morgan fingerprint density at radius 2 is 1.96 bits per heavy atom. The van der Waals surface area contributed by atoms with Gasteiger partial charge in [-0.15, -0.1) is 0 Å². The molecule has 5 nitrogen and oxygen atoms in total. The SMILES string of the molecule is Cc1cccc(Cl)c1C(=O)NCC1CCCN(CC(=O)N2CCCC2)C1. The molecule has 2 aliphatic rings. The van der Waals surface area contributed by atoms with Crippen molar-refractivity contribution in [1.82, 2.24) is 15.1 Å². The van der Waals surface area contributed by atoms with Crippen LogP contribution in [0.25, 0.3) is 0 Å². The molecule has 2 fully saturated rings. The quantitative estimate of drug-likeness (QED) is 0.858. The van der Waals surface area contributed by atoms with E-state index in [2.05, 4.69) is 10.2 Å². The highest BCUT2D eigenvalue weighted by Gasteiger charge is 2.25. The third kappa shape index (κ3) is 4.77. The van der Waals surface area contributed by atoms with Crippen molar-refractivity contribution in [2.24, 2.45) is 5.92 Å². The molecule has 2 saturated heterocycles. The molecule has 2 amide bonds. The standard InChI is InChI=1S/C20H28ClN3O2/c1-15-6-4-8-17(21)19(15)20(26)22-12-16-7-5-9-23(13-16)14-18(25)24-10-2-3-11-24/h4,6,8,16H,2-3,5,7,9-14H2,1H3,(H,22,26). The Kier molecular flexibility index (Phi) is 6.54. The van der Waals surface area contributed by atoms with Crippen molar-refractivity contribution < 1.29 is 9.59 Å². The van der Waals surface area contributed by atoms with Gasteiger partial charge in [0, 0.05) is 26.2 Å². The average Bonchev–Trinajstić information content (AvgIpc) is 3.15. The Morgan fingerprint density at radius 1 is 1.19 bits per heavy atom. The number of amides is 2. The Bertz CT molecular complexity index is 638. The summed E-state index contributed by atoms with van der Waals surface area (Å²) in [5.74, 6) is 0.513. The van der Waals surface area contributed by atoms with Crippen molar-refractivity contribution in [3.05, 3.63) is 34.3 Å². The van der Waals surface area contributed by atoms with E-state index >= 15 is 0 Å². The molecule has 3 rings (SSSR count). The monoisotopic (exact) mass is 377 g/mol. The first-order valence-electron chi connectivity index (χ1n) is 9.58. The fourth-order valence-electron chi connectivity index (χ4n) is 3.96. The lowest BCUT2D eigenvalue weighted by Crippen LogP contribution is -2.45. The molecule has 0 aliphatic carbocycles. The molecule has 1 aromatic rings. The van der Waals surface area contributed by atoms with Gasteiger partial charge in [-0.05, 0) is 56.7 Å². The topological polar surface area (TPSA) is 52.7 Å². The fraction of sp³-hybridized carbons (Fsp3) is 0.600. The van der Waals surface area contributed by atoms with E-state index in [0.29, 0.717) is 29.6 Å². The van der Waals surface area contributed by atoms with Gasteiger partial charge in [-0.25, -0.2) is 0 Å². The van der Waals surface area contributed by atoms with E-state index < -0.39 is 0 Å². The molecule has 26 heavy (non-hydrogen) atoms. The highest BCUT2D eigenvalue weighted by Crippen LogP contribution is 2.20. The molecule has 2 aliphatic heterocycles. The number of piperidine rings is 1. The molecule has 0 aromatic heterocycles. The summed E-state index contributed by atoms with van der Waals surface area (Å²) >= 11 is 6.18. The lowest BCUT2D eigenvalue weighted by molar-refractivity contribution is -0.131. The van der Waals surface area contributed by atoms with E-state index in [0.717, 1.165) is 57.4 Å². The summed E-state index contributed by atoms with van der Waals surface area (Å²) in [6, 6.07) is 5.49. The molecule has 1 unspecified atom stereocenters. The predicted octanol–water partition coefficient (Wildman–Crippen LogP) is 2.71. The number of rotatable bonds is 5. The number of halogens is 1. The van der Waals surface area contributed by atoms with Gasteiger partial charge in [-0.2, -0.15) is 0 Å². The largest absolute Gasteiger partial charge is 0.352 e.